The first kappa shape index (κ1) is 24.5. The van der Waals surface area contributed by atoms with Crippen LogP contribution < -0.4 is 10.9 Å². The number of phenolic OH excluding ortho intramolecular Hbond substituents is 1. The first-order valence-corrected chi connectivity index (χ1v) is 13.9. The fourth-order valence-corrected chi connectivity index (χ4v) is 4.51. The van der Waals surface area contributed by atoms with E-state index in [-0.39, 0.29) is 29.5 Å². The number of aromatic amines is 1. The van der Waals surface area contributed by atoms with E-state index in [0.717, 1.165) is 11.1 Å². The van der Waals surface area contributed by atoms with Crippen LogP contribution in [0.15, 0.2) is 59.4 Å². The van der Waals surface area contributed by atoms with Crippen LogP contribution >= 0.6 is 0 Å². The van der Waals surface area contributed by atoms with E-state index in [2.05, 4.69) is 44.2 Å². The van der Waals surface area contributed by atoms with Gasteiger partial charge in [0.2, 0.25) is 5.56 Å². The minimum absolute atomic E-state index is 0.0206. The summed E-state index contributed by atoms with van der Waals surface area (Å²) in [7, 11) is -2.23. The molecule has 0 fully saturated rings. The van der Waals surface area contributed by atoms with Gasteiger partial charge in [-0.05, 0) is 41.4 Å². The van der Waals surface area contributed by atoms with Crippen LogP contribution in [0.4, 0.5) is 4.79 Å². The van der Waals surface area contributed by atoms with Crippen LogP contribution in [0.1, 0.15) is 38.0 Å². The van der Waals surface area contributed by atoms with E-state index < -0.39 is 20.5 Å². The molecule has 0 unspecified atom stereocenters. The number of carbonyl (C=O) groups excluding carboxylic acids is 1. The number of rotatable bonds is 7. The first-order valence-electron chi connectivity index (χ1n) is 11.0. The van der Waals surface area contributed by atoms with Crippen molar-refractivity contribution in [3.63, 3.8) is 0 Å². The Kier molecular flexibility index (Phi) is 7.29. The van der Waals surface area contributed by atoms with Gasteiger partial charge in [0.15, 0.2) is 8.32 Å². The van der Waals surface area contributed by atoms with Gasteiger partial charge in [0, 0.05) is 11.5 Å². The molecule has 33 heavy (non-hydrogen) atoms. The van der Waals surface area contributed by atoms with Crippen molar-refractivity contribution in [3.05, 3.63) is 76.1 Å². The average Bonchev–Trinajstić information content (AvgIpc) is 2.76. The summed E-state index contributed by atoms with van der Waals surface area (Å²) in [5.41, 5.74) is 1.71. The Labute approximate surface area is 194 Å². The van der Waals surface area contributed by atoms with Crippen LogP contribution in [-0.4, -0.2) is 31.0 Å². The highest BCUT2D eigenvalue weighted by Crippen LogP contribution is 2.41. The molecular weight excluding hydrogens is 436 g/mol. The smallest absolute Gasteiger partial charge is 0.407 e. The highest BCUT2D eigenvalue weighted by atomic mass is 28.4. The molecule has 1 atom stereocenters. The Morgan fingerprint density at radius 2 is 1.79 bits per heavy atom. The summed E-state index contributed by atoms with van der Waals surface area (Å²) in [6.07, 6.45) is -1.04. The third kappa shape index (κ3) is 6.03. The molecule has 3 N–H and O–H groups in total. The van der Waals surface area contributed by atoms with E-state index in [9.17, 15) is 14.7 Å². The number of hydrogen-bond donors (Lipinski definition) is 3. The van der Waals surface area contributed by atoms with Gasteiger partial charge in [-0.15, -0.1) is 0 Å². The largest absolute Gasteiger partial charge is 0.506 e. The fraction of sp³-hybridized carbons (Fsp3) is 0.360. The van der Waals surface area contributed by atoms with Crippen molar-refractivity contribution in [2.75, 3.05) is 6.54 Å². The maximum absolute atomic E-state index is 12.4. The maximum atomic E-state index is 12.4. The van der Waals surface area contributed by atoms with Gasteiger partial charge >= 0.3 is 6.09 Å². The number of alkyl carbamates (subject to hydrolysis) is 1. The van der Waals surface area contributed by atoms with E-state index >= 15 is 0 Å². The molecule has 7 nitrogen and oxygen atoms in total. The van der Waals surface area contributed by atoms with Gasteiger partial charge in [-0.1, -0.05) is 57.2 Å². The van der Waals surface area contributed by atoms with Crippen molar-refractivity contribution in [1.29, 1.82) is 0 Å². The zero-order valence-electron chi connectivity index (χ0n) is 19.8. The standard InChI is InChI=1S/C25H32N2O5Si/c1-25(2,3)33(4,5)32-21(15-26-24(30)31-16-17-9-7-6-8-10-17)18-11-13-20(28)23-19(18)12-14-22(29)27-23/h6-14,21,28H,15-16H2,1-5H3,(H,26,30)(H,27,29)/t21-/m0/s1. The summed E-state index contributed by atoms with van der Waals surface area (Å²) in [5, 5.41) is 13.7. The molecule has 1 heterocycles. The lowest BCUT2D eigenvalue weighted by Gasteiger charge is -2.39. The molecule has 176 valence electrons. The summed E-state index contributed by atoms with van der Waals surface area (Å²) in [6, 6.07) is 15.8. The van der Waals surface area contributed by atoms with Gasteiger partial charge in [0.25, 0.3) is 0 Å². The Morgan fingerprint density at radius 1 is 1.09 bits per heavy atom. The van der Waals surface area contributed by atoms with E-state index in [1.807, 2.05) is 30.3 Å². The summed E-state index contributed by atoms with van der Waals surface area (Å²) in [4.78, 5) is 26.9. The number of benzene rings is 2. The fourth-order valence-electron chi connectivity index (χ4n) is 3.24. The molecule has 0 aliphatic carbocycles. The lowest BCUT2D eigenvalue weighted by atomic mass is 10.0. The van der Waals surface area contributed by atoms with E-state index in [1.165, 1.54) is 12.1 Å². The summed E-state index contributed by atoms with van der Waals surface area (Å²) in [6.45, 7) is 11.1. The number of pyridine rings is 1. The van der Waals surface area contributed by atoms with Crippen molar-refractivity contribution < 1.29 is 19.1 Å². The van der Waals surface area contributed by atoms with Gasteiger partial charge in [-0.2, -0.15) is 0 Å². The quantitative estimate of drug-likeness (QED) is 0.413. The second kappa shape index (κ2) is 9.80. The highest BCUT2D eigenvalue weighted by Gasteiger charge is 2.40. The Hall–Kier alpha value is -3.10. The van der Waals surface area contributed by atoms with Crippen molar-refractivity contribution in [3.8, 4) is 5.75 Å². The van der Waals surface area contributed by atoms with Crippen molar-refractivity contribution in [2.45, 2.75) is 51.6 Å². The summed E-state index contributed by atoms with van der Waals surface area (Å²) < 4.78 is 12.0. The first-order chi connectivity index (χ1) is 15.5. The molecule has 0 spiro atoms. The Morgan fingerprint density at radius 3 is 2.45 bits per heavy atom. The highest BCUT2D eigenvalue weighted by molar-refractivity contribution is 6.74. The molecule has 0 aliphatic heterocycles. The SMILES string of the molecule is CC(C)(C)[Si](C)(C)O[C@@H](CNC(=O)OCc1ccccc1)c1ccc(O)c2[nH]c(=O)ccc12. The number of phenols is 1. The van der Waals surface area contributed by atoms with Gasteiger partial charge in [-0.25, -0.2) is 4.79 Å². The van der Waals surface area contributed by atoms with E-state index in [0.29, 0.717) is 10.9 Å². The monoisotopic (exact) mass is 468 g/mol. The molecule has 0 radical (unpaired) electrons. The number of amides is 1. The number of ether oxygens (including phenoxy) is 1. The number of aromatic nitrogens is 1. The molecule has 3 rings (SSSR count). The van der Waals surface area contributed by atoms with Crippen molar-refractivity contribution in [2.24, 2.45) is 0 Å². The van der Waals surface area contributed by atoms with Crippen LogP contribution in [-0.2, 0) is 15.8 Å². The van der Waals surface area contributed by atoms with Crippen LogP contribution in [0.3, 0.4) is 0 Å². The molecule has 1 amide bonds. The van der Waals surface area contributed by atoms with Gasteiger partial charge in [0.1, 0.15) is 12.4 Å². The molecule has 3 aromatic rings. The normalized spacial score (nSPS) is 13.0. The average molecular weight is 469 g/mol. The molecule has 1 aromatic heterocycles. The third-order valence-electron chi connectivity index (χ3n) is 6.14. The van der Waals surface area contributed by atoms with E-state index in [1.54, 1.807) is 12.1 Å². The van der Waals surface area contributed by atoms with Crippen LogP contribution in [0.25, 0.3) is 10.9 Å². The van der Waals surface area contributed by atoms with Gasteiger partial charge < -0.3 is 24.6 Å². The van der Waals surface area contributed by atoms with Crippen LogP contribution in [0.5, 0.6) is 5.75 Å². The van der Waals surface area contributed by atoms with E-state index in [4.69, 9.17) is 9.16 Å². The maximum Gasteiger partial charge on any atom is 0.407 e. The number of H-pyrrole nitrogens is 1. The molecule has 8 heteroatoms. The van der Waals surface area contributed by atoms with Crippen molar-refractivity contribution >= 4 is 25.3 Å². The number of carbonyl (C=O) groups is 1. The van der Waals surface area contributed by atoms with Crippen LogP contribution in [0, 0.1) is 0 Å². The molecule has 0 saturated carbocycles. The lowest BCUT2D eigenvalue weighted by molar-refractivity contribution is 0.128. The summed E-state index contributed by atoms with van der Waals surface area (Å²) >= 11 is 0. The van der Waals surface area contributed by atoms with Crippen LogP contribution in [0.2, 0.25) is 18.1 Å². The molecule has 2 aromatic carbocycles. The number of nitrogens with one attached hydrogen (secondary N) is 2. The molecule has 0 aliphatic rings. The number of fused-ring (bicyclic) bond motifs is 1. The minimum atomic E-state index is -2.23. The second-order valence-electron chi connectivity index (χ2n) is 9.59. The Balaban J connectivity index is 1.86. The predicted molar refractivity (Wildman–Crippen MR) is 132 cm³/mol. The van der Waals surface area contributed by atoms with Gasteiger partial charge in [-0.3, -0.25) is 4.79 Å². The topological polar surface area (TPSA) is 101 Å². The van der Waals surface area contributed by atoms with Crippen molar-refractivity contribution in [1.82, 2.24) is 10.3 Å². The second-order valence-corrected chi connectivity index (χ2v) is 14.4. The number of aromatic hydroxyl groups is 1. The summed E-state index contributed by atoms with van der Waals surface area (Å²) in [5.74, 6) is -0.0206. The Bertz CT molecular complexity index is 1170. The zero-order chi connectivity index (χ0) is 24.2. The lowest BCUT2D eigenvalue weighted by Crippen LogP contribution is -2.44. The minimum Gasteiger partial charge on any atom is -0.506 e. The predicted octanol–water partition coefficient (Wildman–Crippen LogP) is 5.22. The molecular formula is C25H32N2O5Si. The third-order valence-corrected chi connectivity index (χ3v) is 10.6. The van der Waals surface area contributed by atoms with Gasteiger partial charge in [0.05, 0.1) is 18.2 Å². The molecule has 0 saturated heterocycles. The zero-order valence-corrected chi connectivity index (χ0v) is 20.8. The number of hydrogen-bond acceptors (Lipinski definition) is 5. The molecule has 0 bridgehead atoms.